The minimum atomic E-state index is -1.32. The second-order valence-electron chi connectivity index (χ2n) is 5.81. The number of carbonyl (C=O) groups excluding carboxylic acids is 2. The van der Waals surface area contributed by atoms with E-state index < -0.39 is 29.1 Å². The van der Waals surface area contributed by atoms with Crippen LogP contribution in [0.25, 0.3) is 0 Å². The lowest BCUT2D eigenvalue weighted by Gasteiger charge is -2.21. The molecule has 6 nitrogen and oxygen atoms in total. The Morgan fingerprint density at radius 3 is 2.46 bits per heavy atom. The largest absolute Gasteiger partial charge is 0.497 e. The molecule has 2 aromatic carbocycles. The number of ether oxygens (including phenoxy) is 1. The SMILES string of the molecule is COc1ccc([C@@]2(C)NC(=O)N(/N=C\c3ccc(F)cc3F)C2=O)cc1. The Bertz CT molecular complexity index is 899. The molecule has 1 aliphatic rings. The Kier molecular flexibility index (Phi) is 4.41. The van der Waals surface area contributed by atoms with Crippen LogP contribution in [-0.2, 0) is 10.3 Å². The Morgan fingerprint density at radius 1 is 1.15 bits per heavy atom. The van der Waals surface area contributed by atoms with Gasteiger partial charge in [-0.15, -0.1) is 5.01 Å². The Labute approximate surface area is 148 Å². The molecule has 134 valence electrons. The smallest absolute Gasteiger partial charge is 0.346 e. The summed E-state index contributed by atoms with van der Waals surface area (Å²) in [6.07, 6.45) is 0.992. The van der Waals surface area contributed by atoms with Crippen LogP contribution in [0, 0.1) is 11.6 Å². The molecule has 3 rings (SSSR count). The minimum absolute atomic E-state index is 0.0509. The van der Waals surface area contributed by atoms with Gasteiger partial charge in [0.25, 0.3) is 5.91 Å². The molecule has 0 aromatic heterocycles. The van der Waals surface area contributed by atoms with Crippen LogP contribution in [0.5, 0.6) is 5.75 Å². The zero-order valence-electron chi connectivity index (χ0n) is 14.0. The molecule has 0 spiro atoms. The first-order chi connectivity index (χ1) is 12.3. The number of urea groups is 1. The standard InChI is InChI=1S/C18H15F2N3O3/c1-18(12-4-7-14(26-2)8-5-12)16(24)23(17(25)22-18)21-10-11-3-6-13(19)9-15(11)20/h3-10H,1-2H3,(H,22,25)/b21-10-/t18-/m1/s1. The van der Waals surface area contributed by atoms with Crippen molar-refractivity contribution in [2.45, 2.75) is 12.5 Å². The summed E-state index contributed by atoms with van der Waals surface area (Å²) in [7, 11) is 1.52. The highest BCUT2D eigenvalue weighted by molar-refractivity contribution is 6.07. The highest BCUT2D eigenvalue weighted by Crippen LogP contribution is 2.30. The lowest BCUT2D eigenvalue weighted by molar-refractivity contribution is -0.131. The summed E-state index contributed by atoms with van der Waals surface area (Å²) >= 11 is 0. The highest BCUT2D eigenvalue weighted by atomic mass is 19.1. The summed E-state index contributed by atoms with van der Waals surface area (Å²) in [5.41, 5.74) is -0.824. The number of rotatable bonds is 4. The summed E-state index contributed by atoms with van der Waals surface area (Å²) in [4.78, 5) is 24.9. The van der Waals surface area contributed by atoms with E-state index in [1.807, 2.05) is 0 Å². The van der Waals surface area contributed by atoms with Crippen LogP contribution in [0.3, 0.4) is 0 Å². The van der Waals surface area contributed by atoms with Crippen molar-refractivity contribution in [3.63, 3.8) is 0 Å². The Morgan fingerprint density at radius 2 is 1.85 bits per heavy atom. The third-order valence-corrected chi connectivity index (χ3v) is 4.11. The predicted molar refractivity (Wildman–Crippen MR) is 89.7 cm³/mol. The molecule has 0 aliphatic carbocycles. The molecule has 26 heavy (non-hydrogen) atoms. The van der Waals surface area contributed by atoms with Gasteiger partial charge in [0.1, 0.15) is 22.9 Å². The van der Waals surface area contributed by atoms with E-state index in [9.17, 15) is 18.4 Å². The van der Waals surface area contributed by atoms with E-state index >= 15 is 0 Å². The molecular weight excluding hydrogens is 344 g/mol. The van der Waals surface area contributed by atoms with Gasteiger partial charge in [-0.05, 0) is 36.8 Å². The molecule has 0 unspecified atom stereocenters. The van der Waals surface area contributed by atoms with E-state index in [2.05, 4.69) is 10.4 Å². The van der Waals surface area contributed by atoms with Crippen LogP contribution in [0.4, 0.5) is 13.6 Å². The Hall–Kier alpha value is -3.29. The number of nitrogens with one attached hydrogen (secondary N) is 1. The van der Waals surface area contributed by atoms with Crippen LogP contribution in [0.15, 0.2) is 47.6 Å². The highest BCUT2D eigenvalue weighted by Gasteiger charge is 2.49. The zero-order chi connectivity index (χ0) is 18.9. The first-order valence-corrected chi connectivity index (χ1v) is 7.65. The lowest BCUT2D eigenvalue weighted by atomic mass is 9.92. The summed E-state index contributed by atoms with van der Waals surface area (Å²) in [5.74, 6) is -1.59. The number of halogens is 2. The maximum atomic E-state index is 13.7. The molecular formula is C18H15F2N3O3. The molecule has 0 saturated carbocycles. The molecule has 1 heterocycles. The molecule has 0 bridgehead atoms. The predicted octanol–water partition coefficient (Wildman–Crippen LogP) is 2.77. The molecule has 1 fully saturated rings. The number of amides is 3. The van der Waals surface area contributed by atoms with Crippen LogP contribution in [0.1, 0.15) is 18.1 Å². The van der Waals surface area contributed by atoms with Crippen molar-refractivity contribution >= 4 is 18.2 Å². The van der Waals surface area contributed by atoms with Gasteiger partial charge in [0.15, 0.2) is 0 Å². The third-order valence-electron chi connectivity index (χ3n) is 4.11. The average molecular weight is 359 g/mol. The minimum Gasteiger partial charge on any atom is -0.497 e. The summed E-state index contributed by atoms with van der Waals surface area (Å²) in [6, 6.07) is 8.81. The van der Waals surface area contributed by atoms with Crippen molar-refractivity contribution in [3.05, 3.63) is 65.2 Å². The van der Waals surface area contributed by atoms with Crippen molar-refractivity contribution in [3.8, 4) is 5.75 Å². The van der Waals surface area contributed by atoms with Crippen molar-refractivity contribution in [2.75, 3.05) is 7.11 Å². The van der Waals surface area contributed by atoms with E-state index in [1.54, 1.807) is 31.2 Å². The molecule has 8 heteroatoms. The number of methoxy groups -OCH3 is 1. The summed E-state index contributed by atoms with van der Waals surface area (Å²) < 4.78 is 31.7. The molecule has 1 saturated heterocycles. The average Bonchev–Trinajstić information content (AvgIpc) is 2.84. The topological polar surface area (TPSA) is 71.0 Å². The molecule has 0 radical (unpaired) electrons. The fourth-order valence-corrected chi connectivity index (χ4v) is 2.58. The lowest BCUT2D eigenvalue weighted by Crippen LogP contribution is -2.40. The zero-order valence-corrected chi connectivity index (χ0v) is 14.0. The normalized spacial score (nSPS) is 19.9. The van der Waals surface area contributed by atoms with Gasteiger partial charge in [-0.1, -0.05) is 12.1 Å². The van der Waals surface area contributed by atoms with E-state index in [0.29, 0.717) is 22.4 Å². The monoisotopic (exact) mass is 359 g/mol. The number of hydrogen-bond acceptors (Lipinski definition) is 4. The van der Waals surface area contributed by atoms with Gasteiger partial charge in [-0.2, -0.15) is 5.10 Å². The molecule has 1 atom stereocenters. The third kappa shape index (κ3) is 3.01. The fraction of sp³-hybridized carbons (Fsp3) is 0.167. The van der Waals surface area contributed by atoms with Crippen molar-refractivity contribution < 1.29 is 23.1 Å². The first-order valence-electron chi connectivity index (χ1n) is 7.65. The number of hydrogen-bond donors (Lipinski definition) is 1. The van der Waals surface area contributed by atoms with Crippen LogP contribution < -0.4 is 10.1 Å². The van der Waals surface area contributed by atoms with E-state index in [-0.39, 0.29) is 5.56 Å². The molecule has 1 aliphatic heterocycles. The van der Waals surface area contributed by atoms with E-state index in [0.717, 1.165) is 18.3 Å². The number of benzene rings is 2. The molecule has 2 aromatic rings. The number of nitrogens with zero attached hydrogens (tertiary/aromatic N) is 2. The van der Waals surface area contributed by atoms with Crippen LogP contribution in [-0.4, -0.2) is 30.3 Å². The van der Waals surface area contributed by atoms with Gasteiger partial charge in [0.2, 0.25) is 0 Å². The maximum Gasteiger partial charge on any atom is 0.346 e. The number of carbonyl (C=O) groups is 2. The van der Waals surface area contributed by atoms with Crippen molar-refractivity contribution in [1.82, 2.24) is 10.3 Å². The molecule has 1 N–H and O–H groups in total. The second-order valence-corrected chi connectivity index (χ2v) is 5.81. The van der Waals surface area contributed by atoms with E-state index in [1.165, 1.54) is 7.11 Å². The van der Waals surface area contributed by atoms with Gasteiger partial charge in [0, 0.05) is 11.6 Å². The van der Waals surface area contributed by atoms with E-state index in [4.69, 9.17) is 4.74 Å². The Balaban J connectivity index is 1.87. The quantitative estimate of drug-likeness (QED) is 0.674. The van der Waals surface area contributed by atoms with Gasteiger partial charge >= 0.3 is 6.03 Å². The number of imide groups is 1. The van der Waals surface area contributed by atoms with Crippen LogP contribution >= 0.6 is 0 Å². The van der Waals surface area contributed by atoms with Gasteiger partial charge in [-0.25, -0.2) is 13.6 Å². The second kappa shape index (κ2) is 6.55. The summed E-state index contributed by atoms with van der Waals surface area (Å²) in [5, 5.41) is 6.95. The maximum absolute atomic E-state index is 13.7. The van der Waals surface area contributed by atoms with Crippen molar-refractivity contribution in [1.29, 1.82) is 0 Å². The molecule has 3 amide bonds. The van der Waals surface area contributed by atoms with Gasteiger partial charge < -0.3 is 10.1 Å². The number of hydrazone groups is 1. The van der Waals surface area contributed by atoms with Gasteiger partial charge in [-0.3, -0.25) is 4.79 Å². The fourth-order valence-electron chi connectivity index (χ4n) is 2.58. The van der Waals surface area contributed by atoms with Crippen LogP contribution in [0.2, 0.25) is 0 Å². The van der Waals surface area contributed by atoms with Gasteiger partial charge in [0.05, 0.1) is 13.3 Å². The van der Waals surface area contributed by atoms with Crippen molar-refractivity contribution in [2.24, 2.45) is 5.10 Å². The summed E-state index contributed by atoms with van der Waals surface area (Å²) in [6.45, 7) is 1.54. The first kappa shape index (κ1) is 17.5.